The van der Waals surface area contributed by atoms with Crippen LogP contribution in [0.15, 0.2) is 120 Å². The summed E-state index contributed by atoms with van der Waals surface area (Å²) >= 11 is 1.81. The van der Waals surface area contributed by atoms with Crippen LogP contribution in [0, 0.1) is 0 Å². The van der Waals surface area contributed by atoms with E-state index in [4.69, 9.17) is 14.6 Å². The van der Waals surface area contributed by atoms with Gasteiger partial charge in [0.2, 0.25) is 0 Å². The van der Waals surface area contributed by atoms with E-state index < -0.39 is 5.54 Å². The molecule has 4 aliphatic heterocycles. The van der Waals surface area contributed by atoms with Gasteiger partial charge in [-0.1, -0.05) is 78.5 Å². The van der Waals surface area contributed by atoms with Gasteiger partial charge < -0.3 is 9.47 Å². The number of aromatic nitrogens is 1. The van der Waals surface area contributed by atoms with Gasteiger partial charge in [0.1, 0.15) is 27.9 Å². The molecule has 0 fully saturated rings. The lowest BCUT2D eigenvalue weighted by atomic mass is 9.79. The largest absolute Gasteiger partial charge is 0.456 e. The second-order valence-corrected chi connectivity index (χ2v) is 10.9. The van der Waals surface area contributed by atoms with E-state index in [0.29, 0.717) is 0 Å². The van der Waals surface area contributed by atoms with Crippen LogP contribution in [0.5, 0.6) is 23.1 Å². The molecule has 0 amide bonds. The third-order valence-corrected chi connectivity index (χ3v) is 9.18. The van der Waals surface area contributed by atoms with Crippen molar-refractivity contribution in [2.45, 2.75) is 10.9 Å². The van der Waals surface area contributed by atoms with Gasteiger partial charge in [-0.15, -0.1) is 4.57 Å². The Morgan fingerprint density at radius 3 is 2.18 bits per heavy atom. The minimum atomic E-state index is -0.551. The Morgan fingerprint density at radius 1 is 0.658 bits per heavy atom. The van der Waals surface area contributed by atoms with Crippen molar-refractivity contribution < 1.29 is 14.0 Å². The Hall–Kier alpha value is -4.55. The van der Waals surface area contributed by atoms with Crippen LogP contribution in [0.1, 0.15) is 16.7 Å². The monoisotopic (exact) mass is 510 g/mol. The Kier molecular flexibility index (Phi) is 3.92. The first-order valence-electron chi connectivity index (χ1n) is 12.7. The number of rotatable bonds is 2. The maximum absolute atomic E-state index is 6.48. The maximum Gasteiger partial charge on any atom is 0.374 e. The molecular formula is C32H20N3O2S+. The molecule has 9 rings (SSSR count). The van der Waals surface area contributed by atoms with Crippen molar-refractivity contribution in [3.05, 3.63) is 132 Å². The topological polar surface area (TPSA) is 37.9 Å². The number of hydrazone groups is 1. The van der Waals surface area contributed by atoms with Crippen molar-refractivity contribution in [2.24, 2.45) is 5.10 Å². The fraction of sp³-hybridized carbons (Fsp3) is 0.0625. The van der Waals surface area contributed by atoms with Crippen molar-refractivity contribution in [1.29, 1.82) is 0 Å². The quantitative estimate of drug-likeness (QED) is 0.242. The average molecular weight is 511 g/mol. The number of hydrogen-bond donors (Lipinski definition) is 0. The number of thioether (sulfide) groups is 1. The van der Waals surface area contributed by atoms with E-state index in [1.165, 1.54) is 11.1 Å². The van der Waals surface area contributed by atoms with Crippen LogP contribution in [-0.2, 0) is 5.54 Å². The van der Waals surface area contributed by atoms with E-state index in [0.717, 1.165) is 50.5 Å². The highest BCUT2D eigenvalue weighted by molar-refractivity contribution is 8.15. The highest BCUT2D eigenvalue weighted by atomic mass is 32.2. The summed E-state index contributed by atoms with van der Waals surface area (Å²) in [5.41, 5.74) is 6.24. The van der Waals surface area contributed by atoms with Gasteiger partial charge in [0.15, 0.2) is 11.6 Å². The Labute approximate surface area is 223 Å². The number of pyridine rings is 1. The average Bonchev–Trinajstić information content (AvgIpc) is 3.53. The Balaban J connectivity index is 1.24. The van der Waals surface area contributed by atoms with Crippen molar-refractivity contribution >= 4 is 22.5 Å². The summed E-state index contributed by atoms with van der Waals surface area (Å²) in [6, 6.07) is 37.7. The normalized spacial score (nSPS) is 20.9. The molecule has 6 heteroatoms. The molecule has 0 saturated carbocycles. The molecule has 1 spiro atoms. The van der Waals surface area contributed by atoms with Gasteiger partial charge in [-0.3, -0.25) is 0 Å². The van der Waals surface area contributed by atoms with Crippen molar-refractivity contribution in [3.8, 4) is 34.3 Å². The molecule has 5 nitrogen and oxygen atoms in total. The molecule has 0 N–H and O–H groups in total. The van der Waals surface area contributed by atoms with Gasteiger partial charge in [-0.25, -0.2) is 5.01 Å². The summed E-state index contributed by atoms with van der Waals surface area (Å²) in [5.74, 6) is 3.34. The first kappa shape index (κ1) is 20.5. The zero-order chi connectivity index (χ0) is 24.8. The zero-order valence-electron chi connectivity index (χ0n) is 20.1. The molecule has 0 bridgehead atoms. The van der Waals surface area contributed by atoms with Gasteiger partial charge in [-0.05, 0) is 41.5 Å². The number of fused-ring (bicyclic) bond motifs is 3. The van der Waals surface area contributed by atoms with E-state index in [2.05, 4.69) is 88.6 Å². The second kappa shape index (κ2) is 7.27. The Morgan fingerprint density at radius 2 is 1.34 bits per heavy atom. The third-order valence-electron chi connectivity index (χ3n) is 7.88. The lowest BCUT2D eigenvalue weighted by Gasteiger charge is -2.38. The maximum atomic E-state index is 6.48. The molecule has 2 unspecified atom stereocenters. The first-order valence-corrected chi connectivity index (χ1v) is 13.5. The summed E-state index contributed by atoms with van der Waals surface area (Å²) in [4.78, 5) is 0. The molecule has 4 aromatic carbocycles. The zero-order valence-corrected chi connectivity index (χ0v) is 20.9. The number of hydrogen-bond acceptors (Lipinski definition) is 5. The van der Waals surface area contributed by atoms with Gasteiger partial charge in [-0.2, -0.15) is 5.10 Å². The predicted molar refractivity (Wildman–Crippen MR) is 148 cm³/mol. The van der Waals surface area contributed by atoms with Crippen molar-refractivity contribution in [3.63, 3.8) is 0 Å². The molecule has 4 aliphatic rings. The fourth-order valence-corrected chi connectivity index (χ4v) is 7.73. The summed E-state index contributed by atoms with van der Waals surface area (Å²) in [6.45, 7) is 0. The van der Waals surface area contributed by atoms with Crippen LogP contribution >= 0.6 is 11.8 Å². The van der Waals surface area contributed by atoms with Crippen LogP contribution in [0.4, 0.5) is 5.69 Å². The molecule has 5 heterocycles. The number of anilines is 1. The van der Waals surface area contributed by atoms with Crippen LogP contribution in [0.25, 0.3) is 11.1 Å². The highest BCUT2D eigenvalue weighted by Crippen LogP contribution is 2.64. The molecular weight excluding hydrogens is 490 g/mol. The van der Waals surface area contributed by atoms with E-state index >= 15 is 0 Å². The van der Waals surface area contributed by atoms with E-state index in [-0.39, 0.29) is 5.37 Å². The van der Waals surface area contributed by atoms with Gasteiger partial charge in [0.05, 0.1) is 17.3 Å². The lowest BCUT2D eigenvalue weighted by Crippen LogP contribution is -2.65. The van der Waals surface area contributed by atoms with Crippen LogP contribution in [0.3, 0.4) is 0 Å². The standard InChI is InChI=1S/C32H20N3O2S/c1-2-8-20(9-3-1)21-15-17-22(18-16-21)30-33-35-23-10-6-11-24-28(23)32(31(35)38-30)29-25(36-24)12-7-13-26(29)37-27-14-4-5-19-34(27)32/h1-19,31H/q+1. The van der Waals surface area contributed by atoms with Gasteiger partial charge in [0.25, 0.3) is 5.54 Å². The first-order chi connectivity index (χ1) is 18.8. The number of ether oxygens (including phenoxy) is 2. The molecule has 0 radical (unpaired) electrons. The van der Waals surface area contributed by atoms with E-state index in [1.807, 2.05) is 36.4 Å². The van der Waals surface area contributed by atoms with Crippen LogP contribution in [-0.4, -0.2) is 10.4 Å². The number of nitrogens with zero attached hydrogens (tertiary/aromatic N) is 3. The van der Waals surface area contributed by atoms with Crippen molar-refractivity contribution in [2.75, 3.05) is 5.01 Å². The van der Waals surface area contributed by atoms with Gasteiger partial charge >= 0.3 is 5.88 Å². The van der Waals surface area contributed by atoms with E-state index in [9.17, 15) is 0 Å². The van der Waals surface area contributed by atoms with Crippen LogP contribution < -0.4 is 19.0 Å². The predicted octanol–water partition coefficient (Wildman–Crippen LogP) is 6.90. The molecule has 2 atom stereocenters. The second-order valence-electron chi connectivity index (χ2n) is 9.82. The molecule has 180 valence electrons. The SMILES string of the molecule is c1ccc(-c2ccc(C3=NN4c5cccc6c5C5(c7c(cccc7Oc7cccc[n+]75)O6)C4S3)cc2)cc1. The van der Waals surface area contributed by atoms with Crippen LogP contribution in [0.2, 0.25) is 0 Å². The fourth-order valence-electron chi connectivity index (χ4n) is 6.33. The summed E-state index contributed by atoms with van der Waals surface area (Å²) in [5, 5.41) is 8.38. The summed E-state index contributed by atoms with van der Waals surface area (Å²) < 4.78 is 15.2. The third kappa shape index (κ3) is 2.48. The van der Waals surface area contributed by atoms with E-state index in [1.54, 1.807) is 11.8 Å². The minimum Gasteiger partial charge on any atom is -0.456 e. The molecule has 0 aliphatic carbocycles. The molecule has 38 heavy (non-hydrogen) atoms. The molecule has 0 saturated heterocycles. The minimum absolute atomic E-state index is 0.0405. The smallest absolute Gasteiger partial charge is 0.374 e. The summed E-state index contributed by atoms with van der Waals surface area (Å²) in [7, 11) is 0. The number of benzene rings is 4. The molecule has 5 aromatic rings. The highest BCUT2D eigenvalue weighted by Gasteiger charge is 2.70. The summed E-state index contributed by atoms with van der Waals surface area (Å²) in [6.07, 6.45) is 2.12. The van der Waals surface area contributed by atoms with Gasteiger partial charge in [0, 0.05) is 11.6 Å². The lowest BCUT2D eigenvalue weighted by molar-refractivity contribution is -0.749. The van der Waals surface area contributed by atoms with Crippen molar-refractivity contribution in [1.82, 2.24) is 0 Å². The molecule has 1 aromatic heterocycles. The Bertz CT molecular complexity index is 1810.